The molecule has 1 rings (SSSR count). The van der Waals surface area contributed by atoms with Crippen LogP contribution in [-0.2, 0) is 11.3 Å². The van der Waals surface area contributed by atoms with Crippen molar-refractivity contribution in [1.29, 1.82) is 0 Å². The first-order chi connectivity index (χ1) is 8.08. The second kappa shape index (κ2) is 7.79. The van der Waals surface area contributed by atoms with Crippen molar-refractivity contribution in [2.45, 2.75) is 19.5 Å². The molecule has 0 saturated carbocycles. The van der Waals surface area contributed by atoms with Gasteiger partial charge < -0.3 is 20.5 Å². The van der Waals surface area contributed by atoms with Gasteiger partial charge in [0.25, 0.3) is 0 Å². The van der Waals surface area contributed by atoms with Gasteiger partial charge in [0.15, 0.2) is 0 Å². The first kappa shape index (κ1) is 16.5. The lowest BCUT2D eigenvalue weighted by molar-refractivity contribution is -0.122. The van der Waals surface area contributed by atoms with Gasteiger partial charge in [-0.25, -0.2) is 0 Å². The van der Waals surface area contributed by atoms with E-state index in [0.29, 0.717) is 12.3 Å². The molecule has 0 bridgehead atoms. The summed E-state index contributed by atoms with van der Waals surface area (Å²) in [7, 11) is 3.17. The van der Waals surface area contributed by atoms with Crippen LogP contribution in [-0.4, -0.2) is 26.2 Å². The first-order valence-electron chi connectivity index (χ1n) is 5.32. The maximum Gasteiger partial charge on any atom is 0.236 e. The van der Waals surface area contributed by atoms with Gasteiger partial charge >= 0.3 is 0 Å². The number of rotatable bonds is 5. The summed E-state index contributed by atoms with van der Waals surface area (Å²) in [6.45, 7) is 2.00. The normalized spacial score (nSPS) is 11.1. The molecular weight excluding hydrogens is 256 g/mol. The number of hydrogen-bond acceptors (Lipinski definition) is 4. The number of nitrogens with two attached hydrogens (primary N) is 1. The molecule has 1 amide bonds. The fraction of sp³-hybridized carbons (Fsp3) is 0.417. The lowest BCUT2D eigenvalue weighted by Gasteiger charge is -2.12. The number of benzene rings is 1. The van der Waals surface area contributed by atoms with Crippen molar-refractivity contribution in [2.75, 3.05) is 14.2 Å². The smallest absolute Gasteiger partial charge is 0.236 e. The average molecular weight is 275 g/mol. The van der Waals surface area contributed by atoms with E-state index in [1.54, 1.807) is 33.3 Å². The van der Waals surface area contributed by atoms with Crippen molar-refractivity contribution in [3.63, 3.8) is 0 Å². The minimum Gasteiger partial charge on any atom is -0.497 e. The SMILES string of the molecule is COc1ccc(OC)c(CNC(=O)[C@H](C)N)c1.Cl. The summed E-state index contributed by atoms with van der Waals surface area (Å²) in [6, 6.07) is 4.90. The van der Waals surface area contributed by atoms with E-state index in [9.17, 15) is 4.79 Å². The number of halogens is 1. The average Bonchev–Trinajstić information content (AvgIpc) is 2.35. The molecule has 0 aromatic heterocycles. The number of amides is 1. The second-order valence-electron chi connectivity index (χ2n) is 3.68. The Balaban J connectivity index is 0.00000289. The van der Waals surface area contributed by atoms with Gasteiger partial charge in [0.1, 0.15) is 11.5 Å². The van der Waals surface area contributed by atoms with E-state index >= 15 is 0 Å². The Kier molecular flexibility index (Phi) is 7.16. The van der Waals surface area contributed by atoms with E-state index in [4.69, 9.17) is 15.2 Å². The lowest BCUT2D eigenvalue weighted by Crippen LogP contribution is -2.37. The zero-order valence-electron chi connectivity index (χ0n) is 10.7. The van der Waals surface area contributed by atoms with E-state index in [1.807, 2.05) is 6.07 Å². The predicted molar refractivity (Wildman–Crippen MR) is 72.3 cm³/mol. The fourth-order valence-corrected chi connectivity index (χ4v) is 1.36. The number of nitrogens with one attached hydrogen (secondary N) is 1. The van der Waals surface area contributed by atoms with Crippen LogP contribution in [0.1, 0.15) is 12.5 Å². The third kappa shape index (κ3) is 4.43. The molecule has 1 aromatic carbocycles. The van der Waals surface area contributed by atoms with Gasteiger partial charge in [-0.1, -0.05) is 0 Å². The Morgan fingerprint density at radius 1 is 1.39 bits per heavy atom. The highest BCUT2D eigenvalue weighted by Crippen LogP contribution is 2.23. The molecule has 0 heterocycles. The highest BCUT2D eigenvalue weighted by Gasteiger charge is 2.09. The van der Waals surface area contributed by atoms with Crippen molar-refractivity contribution in [3.05, 3.63) is 23.8 Å². The summed E-state index contributed by atoms with van der Waals surface area (Å²) in [4.78, 5) is 11.4. The van der Waals surface area contributed by atoms with E-state index in [1.165, 1.54) is 0 Å². The minimum atomic E-state index is -0.522. The Hall–Kier alpha value is -1.46. The fourth-order valence-electron chi connectivity index (χ4n) is 1.36. The molecule has 1 atom stereocenters. The predicted octanol–water partition coefficient (Wildman–Crippen LogP) is 1.09. The van der Waals surface area contributed by atoms with Crippen LogP contribution in [0.4, 0.5) is 0 Å². The number of carbonyl (C=O) groups is 1. The van der Waals surface area contributed by atoms with E-state index in [0.717, 1.165) is 11.3 Å². The molecule has 0 aliphatic carbocycles. The molecule has 0 aliphatic rings. The van der Waals surface area contributed by atoms with Crippen LogP contribution in [0.5, 0.6) is 11.5 Å². The summed E-state index contributed by atoms with van der Waals surface area (Å²) in [5.41, 5.74) is 6.31. The van der Waals surface area contributed by atoms with Crippen molar-refractivity contribution in [1.82, 2.24) is 5.32 Å². The van der Waals surface area contributed by atoms with Crippen LogP contribution < -0.4 is 20.5 Å². The Labute approximate surface area is 113 Å². The Morgan fingerprint density at radius 3 is 2.56 bits per heavy atom. The molecule has 0 aliphatic heterocycles. The minimum absolute atomic E-state index is 0. The molecule has 0 unspecified atom stereocenters. The van der Waals surface area contributed by atoms with Crippen LogP contribution in [0.25, 0.3) is 0 Å². The maximum absolute atomic E-state index is 11.4. The maximum atomic E-state index is 11.4. The topological polar surface area (TPSA) is 73.6 Å². The van der Waals surface area contributed by atoms with Gasteiger partial charge in [0.2, 0.25) is 5.91 Å². The first-order valence-corrected chi connectivity index (χ1v) is 5.32. The van der Waals surface area contributed by atoms with Crippen LogP contribution in [0.2, 0.25) is 0 Å². The molecule has 0 spiro atoms. The third-order valence-electron chi connectivity index (χ3n) is 2.35. The molecule has 3 N–H and O–H groups in total. The Bertz CT molecular complexity index is 397. The van der Waals surface area contributed by atoms with Gasteiger partial charge in [0, 0.05) is 12.1 Å². The molecule has 18 heavy (non-hydrogen) atoms. The number of carbonyl (C=O) groups excluding carboxylic acids is 1. The quantitative estimate of drug-likeness (QED) is 0.843. The third-order valence-corrected chi connectivity index (χ3v) is 2.35. The summed E-state index contributed by atoms with van der Waals surface area (Å²) < 4.78 is 10.3. The highest BCUT2D eigenvalue weighted by molar-refractivity contribution is 5.85. The van der Waals surface area contributed by atoms with E-state index in [2.05, 4.69) is 5.32 Å². The van der Waals surface area contributed by atoms with Crippen molar-refractivity contribution in [2.24, 2.45) is 5.73 Å². The van der Waals surface area contributed by atoms with Crippen molar-refractivity contribution < 1.29 is 14.3 Å². The molecule has 1 aromatic rings. The largest absolute Gasteiger partial charge is 0.497 e. The molecule has 0 fully saturated rings. The van der Waals surface area contributed by atoms with Gasteiger partial charge in [-0.05, 0) is 25.1 Å². The number of ether oxygens (including phenoxy) is 2. The van der Waals surface area contributed by atoms with Gasteiger partial charge in [-0.15, -0.1) is 12.4 Å². The molecule has 102 valence electrons. The van der Waals surface area contributed by atoms with E-state index < -0.39 is 6.04 Å². The van der Waals surface area contributed by atoms with Gasteiger partial charge in [0.05, 0.1) is 20.3 Å². The van der Waals surface area contributed by atoms with Crippen LogP contribution >= 0.6 is 12.4 Å². The summed E-state index contributed by atoms with van der Waals surface area (Å²) >= 11 is 0. The zero-order valence-corrected chi connectivity index (χ0v) is 11.5. The molecule has 0 saturated heterocycles. The van der Waals surface area contributed by atoms with Gasteiger partial charge in [-0.3, -0.25) is 4.79 Å². The highest BCUT2D eigenvalue weighted by atomic mass is 35.5. The van der Waals surface area contributed by atoms with Crippen molar-refractivity contribution in [3.8, 4) is 11.5 Å². The number of hydrogen-bond donors (Lipinski definition) is 2. The molecule has 0 radical (unpaired) electrons. The molecule has 5 nitrogen and oxygen atoms in total. The summed E-state index contributed by atoms with van der Waals surface area (Å²) in [6.07, 6.45) is 0. The van der Waals surface area contributed by atoms with E-state index in [-0.39, 0.29) is 18.3 Å². The molecule has 6 heteroatoms. The zero-order chi connectivity index (χ0) is 12.8. The van der Waals surface area contributed by atoms with Crippen molar-refractivity contribution >= 4 is 18.3 Å². The van der Waals surface area contributed by atoms with Crippen LogP contribution in [0.3, 0.4) is 0 Å². The van der Waals surface area contributed by atoms with Gasteiger partial charge in [-0.2, -0.15) is 0 Å². The monoisotopic (exact) mass is 274 g/mol. The number of methoxy groups -OCH3 is 2. The summed E-state index contributed by atoms with van der Waals surface area (Å²) in [5.74, 6) is 1.22. The Morgan fingerprint density at radius 2 is 2.06 bits per heavy atom. The van der Waals surface area contributed by atoms with Crippen LogP contribution in [0.15, 0.2) is 18.2 Å². The summed E-state index contributed by atoms with van der Waals surface area (Å²) in [5, 5.41) is 2.72. The second-order valence-corrected chi connectivity index (χ2v) is 3.68. The lowest BCUT2D eigenvalue weighted by atomic mass is 10.2. The van der Waals surface area contributed by atoms with Crippen LogP contribution in [0, 0.1) is 0 Å². The molecular formula is C12H19ClN2O3. The standard InChI is InChI=1S/C12H18N2O3.ClH/c1-8(13)12(15)14-7-9-6-10(16-2)4-5-11(9)17-3;/h4-6,8H,7,13H2,1-3H3,(H,14,15);1H/t8-;/m0./s1.